The van der Waals surface area contributed by atoms with Crippen molar-refractivity contribution in [3.8, 4) is 11.5 Å². The second-order valence-corrected chi connectivity index (χ2v) is 4.91. The Morgan fingerprint density at radius 2 is 1.91 bits per heavy atom. The Kier molecular flexibility index (Phi) is 3.44. The van der Waals surface area contributed by atoms with Gasteiger partial charge in [-0.25, -0.2) is 9.97 Å². The molecule has 0 bridgehead atoms. The molecule has 0 spiro atoms. The summed E-state index contributed by atoms with van der Waals surface area (Å²) in [4.78, 5) is 8.41. The van der Waals surface area contributed by atoms with Crippen molar-refractivity contribution in [3.05, 3.63) is 54.7 Å². The van der Waals surface area contributed by atoms with Crippen LogP contribution in [0, 0.1) is 0 Å². The minimum absolute atomic E-state index is 0.257. The molecule has 0 saturated carbocycles. The highest BCUT2D eigenvalue weighted by molar-refractivity contribution is 5.63. The Labute approximate surface area is 132 Å². The van der Waals surface area contributed by atoms with Gasteiger partial charge in [0.2, 0.25) is 6.79 Å². The first-order valence-electron chi connectivity index (χ1n) is 7.12. The monoisotopic (exact) mass is 310 g/mol. The molecule has 3 heterocycles. The SMILES string of the molecule is c1coc(CNc2cc(Nc3ccc4c(c3)OCO4)ncn2)c1. The summed E-state index contributed by atoms with van der Waals surface area (Å²) >= 11 is 0. The number of ether oxygens (including phenoxy) is 2. The van der Waals surface area contributed by atoms with Gasteiger partial charge in [0.05, 0.1) is 12.8 Å². The Morgan fingerprint density at radius 3 is 2.83 bits per heavy atom. The van der Waals surface area contributed by atoms with Crippen LogP contribution in [0.4, 0.5) is 17.3 Å². The smallest absolute Gasteiger partial charge is 0.231 e. The lowest BCUT2D eigenvalue weighted by molar-refractivity contribution is 0.174. The number of fused-ring (bicyclic) bond motifs is 1. The molecule has 0 fully saturated rings. The van der Waals surface area contributed by atoms with Gasteiger partial charge in [-0.1, -0.05) is 0 Å². The molecular weight excluding hydrogens is 296 g/mol. The first kappa shape index (κ1) is 13.4. The third kappa shape index (κ3) is 3.03. The number of aromatic nitrogens is 2. The molecular formula is C16H14N4O3. The summed E-state index contributed by atoms with van der Waals surface area (Å²) in [5.41, 5.74) is 0.866. The zero-order chi connectivity index (χ0) is 15.5. The number of hydrogen-bond acceptors (Lipinski definition) is 7. The molecule has 0 aliphatic carbocycles. The number of rotatable bonds is 5. The molecule has 0 amide bonds. The summed E-state index contributed by atoms with van der Waals surface area (Å²) < 4.78 is 15.9. The molecule has 0 unspecified atom stereocenters. The van der Waals surface area contributed by atoms with Crippen LogP contribution in [0.5, 0.6) is 11.5 Å². The Hall–Kier alpha value is -3.22. The van der Waals surface area contributed by atoms with Gasteiger partial charge >= 0.3 is 0 Å². The van der Waals surface area contributed by atoms with Crippen molar-refractivity contribution in [3.63, 3.8) is 0 Å². The van der Waals surface area contributed by atoms with E-state index in [2.05, 4.69) is 20.6 Å². The van der Waals surface area contributed by atoms with Gasteiger partial charge in [-0.15, -0.1) is 0 Å². The van der Waals surface area contributed by atoms with Gasteiger partial charge in [-0.05, 0) is 24.3 Å². The largest absolute Gasteiger partial charge is 0.467 e. The molecule has 0 atom stereocenters. The highest BCUT2D eigenvalue weighted by Crippen LogP contribution is 2.34. The van der Waals surface area contributed by atoms with Crippen molar-refractivity contribution in [1.82, 2.24) is 9.97 Å². The van der Waals surface area contributed by atoms with Crippen LogP contribution >= 0.6 is 0 Å². The van der Waals surface area contributed by atoms with Crippen LogP contribution in [0.15, 0.2) is 53.4 Å². The lowest BCUT2D eigenvalue weighted by Gasteiger charge is -2.08. The first-order valence-corrected chi connectivity index (χ1v) is 7.12. The van der Waals surface area contributed by atoms with Crippen molar-refractivity contribution < 1.29 is 13.9 Å². The maximum Gasteiger partial charge on any atom is 0.231 e. The molecule has 1 aliphatic rings. The van der Waals surface area contributed by atoms with E-state index in [1.807, 2.05) is 36.4 Å². The summed E-state index contributed by atoms with van der Waals surface area (Å²) in [5, 5.41) is 6.40. The van der Waals surface area contributed by atoms with Gasteiger partial charge in [-0.3, -0.25) is 0 Å². The quantitative estimate of drug-likeness (QED) is 0.749. The van der Waals surface area contributed by atoms with E-state index in [9.17, 15) is 0 Å². The van der Waals surface area contributed by atoms with E-state index in [1.54, 1.807) is 6.26 Å². The maximum absolute atomic E-state index is 5.36. The van der Waals surface area contributed by atoms with Crippen molar-refractivity contribution in [1.29, 1.82) is 0 Å². The van der Waals surface area contributed by atoms with Crippen molar-refractivity contribution in [2.75, 3.05) is 17.4 Å². The van der Waals surface area contributed by atoms with Gasteiger partial charge in [0.1, 0.15) is 23.7 Å². The van der Waals surface area contributed by atoms with E-state index in [1.165, 1.54) is 6.33 Å². The highest BCUT2D eigenvalue weighted by Gasteiger charge is 2.13. The normalized spacial score (nSPS) is 12.2. The van der Waals surface area contributed by atoms with Crippen LogP contribution in [0.3, 0.4) is 0 Å². The van der Waals surface area contributed by atoms with Crippen LogP contribution in [0.25, 0.3) is 0 Å². The third-order valence-corrected chi connectivity index (χ3v) is 3.34. The summed E-state index contributed by atoms with van der Waals surface area (Å²) in [6, 6.07) is 11.2. The molecule has 2 N–H and O–H groups in total. The van der Waals surface area contributed by atoms with Gasteiger partial charge in [-0.2, -0.15) is 0 Å². The Bertz CT molecular complexity index is 805. The van der Waals surface area contributed by atoms with E-state index >= 15 is 0 Å². The zero-order valence-electron chi connectivity index (χ0n) is 12.2. The molecule has 7 heteroatoms. The van der Waals surface area contributed by atoms with E-state index in [4.69, 9.17) is 13.9 Å². The van der Waals surface area contributed by atoms with E-state index < -0.39 is 0 Å². The lowest BCUT2D eigenvalue weighted by Crippen LogP contribution is -2.02. The average molecular weight is 310 g/mol. The van der Waals surface area contributed by atoms with Crippen LogP contribution in [0.1, 0.15) is 5.76 Å². The van der Waals surface area contributed by atoms with Crippen LogP contribution < -0.4 is 20.1 Å². The van der Waals surface area contributed by atoms with E-state index in [0.717, 1.165) is 22.9 Å². The minimum atomic E-state index is 0.257. The van der Waals surface area contributed by atoms with Crippen molar-refractivity contribution in [2.45, 2.75) is 6.54 Å². The molecule has 0 radical (unpaired) electrons. The fourth-order valence-electron chi connectivity index (χ4n) is 2.24. The summed E-state index contributed by atoms with van der Waals surface area (Å²) in [6.45, 7) is 0.820. The van der Waals surface area contributed by atoms with Crippen LogP contribution in [-0.4, -0.2) is 16.8 Å². The predicted octanol–water partition coefficient (Wildman–Crippen LogP) is 3.15. The predicted molar refractivity (Wildman–Crippen MR) is 83.9 cm³/mol. The van der Waals surface area contributed by atoms with E-state index in [-0.39, 0.29) is 6.79 Å². The van der Waals surface area contributed by atoms with Crippen LogP contribution in [0.2, 0.25) is 0 Å². The zero-order valence-corrected chi connectivity index (χ0v) is 12.2. The number of nitrogens with zero attached hydrogens (tertiary/aromatic N) is 2. The third-order valence-electron chi connectivity index (χ3n) is 3.34. The van der Waals surface area contributed by atoms with Crippen LogP contribution in [-0.2, 0) is 6.54 Å². The number of benzene rings is 1. The van der Waals surface area contributed by atoms with Crippen molar-refractivity contribution in [2.24, 2.45) is 0 Å². The molecule has 4 rings (SSSR count). The van der Waals surface area contributed by atoms with Gasteiger partial charge in [0, 0.05) is 17.8 Å². The van der Waals surface area contributed by atoms with E-state index in [0.29, 0.717) is 18.2 Å². The second kappa shape index (κ2) is 5.88. The molecule has 2 aromatic heterocycles. The number of nitrogens with one attached hydrogen (secondary N) is 2. The molecule has 7 nitrogen and oxygen atoms in total. The second-order valence-electron chi connectivity index (χ2n) is 4.91. The molecule has 1 aromatic carbocycles. The minimum Gasteiger partial charge on any atom is -0.467 e. The van der Waals surface area contributed by atoms with Gasteiger partial charge in [0.15, 0.2) is 11.5 Å². The number of furan rings is 1. The topological polar surface area (TPSA) is 81.4 Å². The molecule has 0 saturated heterocycles. The Morgan fingerprint density at radius 1 is 1.00 bits per heavy atom. The molecule has 23 heavy (non-hydrogen) atoms. The molecule has 116 valence electrons. The van der Waals surface area contributed by atoms with Gasteiger partial charge in [0.25, 0.3) is 0 Å². The maximum atomic E-state index is 5.36. The standard InChI is InChI=1S/C16H14N4O3/c1-2-12(21-5-1)8-17-15-7-16(19-9-18-15)20-11-3-4-13-14(6-11)23-10-22-13/h1-7,9H,8,10H2,(H2,17,18,19,20). The summed E-state index contributed by atoms with van der Waals surface area (Å²) in [6.07, 6.45) is 3.14. The fourth-order valence-corrected chi connectivity index (χ4v) is 2.24. The Balaban J connectivity index is 1.45. The number of hydrogen-bond donors (Lipinski definition) is 2. The number of anilines is 3. The summed E-state index contributed by atoms with van der Waals surface area (Å²) in [7, 11) is 0. The van der Waals surface area contributed by atoms with Gasteiger partial charge < -0.3 is 24.5 Å². The molecule has 1 aliphatic heterocycles. The summed E-state index contributed by atoms with van der Waals surface area (Å²) in [5.74, 6) is 3.70. The molecule has 3 aromatic rings. The fraction of sp³-hybridized carbons (Fsp3) is 0.125. The highest BCUT2D eigenvalue weighted by atomic mass is 16.7. The first-order chi connectivity index (χ1) is 11.4. The van der Waals surface area contributed by atoms with Crippen molar-refractivity contribution >= 4 is 17.3 Å². The average Bonchev–Trinajstić information content (AvgIpc) is 3.24. The lowest BCUT2D eigenvalue weighted by atomic mass is 10.3.